The molecule has 0 amide bonds. The molecule has 0 bridgehead atoms. The molecule has 1 heterocycles. The molecule has 0 atom stereocenters. The van der Waals surface area contributed by atoms with E-state index < -0.39 is 5.97 Å². The van der Waals surface area contributed by atoms with E-state index in [2.05, 4.69) is 0 Å². The lowest BCUT2D eigenvalue weighted by atomic mass is 10.2. The van der Waals surface area contributed by atoms with E-state index in [9.17, 15) is 4.79 Å². The number of carbonyl (C=O) groups excluding carboxylic acids is 1. The van der Waals surface area contributed by atoms with Crippen LogP contribution in [0.3, 0.4) is 0 Å². The van der Waals surface area contributed by atoms with E-state index in [1.807, 2.05) is 36.4 Å². The van der Waals surface area contributed by atoms with Crippen molar-refractivity contribution in [1.29, 1.82) is 0 Å². The number of carbonyl (C=O) groups is 1. The Morgan fingerprint density at radius 3 is 2.71 bits per heavy atom. The van der Waals surface area contributed by atoms with Gasteiger partial charge in [0.1, 0.15) is 6.61 Å². The maximum absolute atomic E-state index is 11.4. The minimum absolute atomic E-state index is 0.220. The highest BCUT2D eigenvalue weighted by Gasteiger charge is 2.07. The SMILES string of the molecule is O=C(OC/C=C/c1ccccc1)c1ccco1. The number of esters is 1. The molecule has 0 saturated heterocycles. The fourth-order valence-corrected chi connectivity index (χ4v) is 1.34. The van der Waals surface area contributed by atoms with E-state index in [-0.39, 0.29) is 12.4 Å². The quantitative estimate of drug-likeness (QED) is 0.754. The molecule has 0 aliphatic rings. The van der Waals surface area contributed by atoms with Crippen LogP contribution in [-0.4, -0.2) is 12.6 Å². The van der Waals surface area contributed by atoms with Crippen LogP contribution < -0.4 is 0 Å². The highest BCUT2D eigenvalue weighted by molar-refractivity contribution is 5.86. The standard InChI is InChI=1S/C14H12O3/c15-14(13-9-5-10-16-13)17-11-4-8-12-6-2-1-3-7-12/h1-10H,11H2/b8-4+. The summed E-state index contributed by atoms with van der Waals surface area (Å²) in [5.74, 6) is -0.231. The smallest absolute Gasteiger partial charge is 0.374 e. The summed E-state index contributed by atoms with van der Waals surface area (Å²) in [7, 11) is 0. The summed E-state index contributed by atoms with van der Waals surface area (Å²) in [6.07, 6.45) is 5.13. The largest absolute Gasteiger partial charge is 0.457 e. The third-order valence-electron chi connectivity index (χ3n) is 2.14. The predicted octanol–water partition coefficient (Wildman–Crippen LogP) is 3.15. The van der Waals surface area contributed by atoms with E-state index in [0.717, 1.165) is 5.56 Å². The first kappa shape index (κ1) is 11.2. The molecular weight excluding hydrogens is 216 g/mol. The molecule has 0 fully saturated rings. The van der Waals surface area contributed by atoms with Crippen molar-refractivity contribution in [3.63, 3.8) is 0 Å². The number of rotatable bonds is 4. The molecule has 0 N–H and O–H groups in total. The molecule has 3 heteroatoms. The van der Waals surface area contributed by atoms with Crippen molar-refractivity contribution < 1.29 is 13.9 Å². The van der Waals surface area contributed by atoms with Crippen LogP contribution in [-0.2, 0) is 4.74 Å². The van der Waals surface area contributed by atoms with Gasteiger partial charge in [0.15, 0.2) is 0 Å². The summed E-state index contributed by atoms with van der Waals surface area (Å²) in [4.78, 5) is 11.4. The molecule has 17 heavy (non-hydrogen) atoms. The highest BCUT2D eigenvalue weighted by atomic mass is 16.5. The molecule has 1 aromatic carbocycles. The van der Waals surface area contributed by atoms with Crippen molar-refractivity contribution in [2.24, 2.45) is 0 Å². The van der Waals surface area contributed by atoms with Crippen LogP contribution in [0.15, 0.2) is 59.2 Å². The van der Waals surface area contributed by atoms with Gasteiger partial charge in [0, 0.05) is 0 Å². The summed E-state index contributed by atoms with van der Waals surface area (Å²) in [5, 5.41) is 0. The Hall–Kier alpha value is -2.29. The van der Waals surface area contributed by atoms with Crippen LogP contribution in [0.5, 0.6) is 0 Å². The molecule has 0 saturated carbocycles. The fraction of sp³-hybridized carbons (Fsp3) is 0.0714. The molecule has 0 unspecified atom stereocenters. The Labute approximate surface area is 99.3 Å². The monoisotopic (exact) mass is 228 g/mol. The Morgan fingerprint density at radius 1 is 1.18 bits per heavy atom. The average molecular weight is 228 g/mol. The van der Waals surface area contributed by atoms with Crippen molar-refractivity contribution in [1.82, 2.24) is 0 Å². The van der Waals surface area contributed by atoms with Crippen molar-refractivity contribution in [3.05, 3.63) is 66.1 Å². The van der Waals surface area contributed by atoms with Crippen LogP contribution in [0.25, 0.3) is 6.08 Å². The van der Waals surface area contributed by atoms with Gasteiger partial charge in [-0.1, -0.05) is 36.4 Å². The van der Waals surface area contributed by atoms with Crippen molar-refractivity contribution >= 4 is 12.0 Å². The predicted molar refractivity (Wildman–Crippen MR) is 64.5 cm³/mol. The first-order valence-electron chi connectivity index (χ1n) is 5.28. The maximum Gasteiger partial charge on any atom is 0.374 e. The Balaban J connectivity index is 1.80. The molecular formula is C14H12O3. The number of benzene rings is 1. The van der Waals surface area contributed by atoms with E-state index >= 15 is 0 Å². The highest BCUT2D eigenvalue weighted by Crippen LogP contribution is 2.03. The van der Waals surface area contributed by atoms with Gasteiger partial charge in [-0.3, -0.25) is 0 Å². The Morgan fingerprint density at radius 2 is 2.00 bits per heavy atom. The molecule has 0 radical (unpaired) electrons. The van der Waals surface area contributed by atoms with E-state index in [1.54, 1.807) is 18.2 Å². The third-order valence-corrected chi connectivity index (χ3v) is 2.14. The fourth-order valence-electron chi connectivity index (χ4n) is 1.34. The van der Waals surface area contributed by atoms with Crippen LogP contribution in [0.1, 0.15) is 16.1 Å². The van der Waals surface area contributed by atoms with E-state index in [1.165, 1.54) is 6.26 Å². The Kier molecular flexibility index (Phi) is 3.76. The lowest BCUT2D eigenvalue weighted by Gasteiger charge is -1.97. The average Bonchev–Trinajstić information content (AvgIpc) is 2.89. The van der Waals surface area contributed by atoms with Gasteiger partial charge in [-0.25, -0.2) is 4.79 Å². The van der Waals surface area contributed by atoms with Gasteiger partial charge in [0.2, 0.25) is 5.76 Å². The molecule has 1 aromatic heterocycles. The summed E-state index contributed by atoms with van der Waals surface area (Å²) in [6, 6.07) is 13.0. The van der Waals surface area contributed by atoms with E-state index in [0.29, 0.717) is 0 Å². The molecule has 2 aromatic rings. The second-order valence-corrected chi connectivity index (χ2v) is 3.39. The zero-order chi connectivity index (χ0) is 11.9. The van der Waals surface area contributed by atoms with Crippen molar-refractivity contribution in [2.45, 2.75) is 0 Å². The summed E-state index contributed by atoms with van der Waals surface area (Å²) >= 11 is 0. The second kappa shape index (κ2) is 5.70. The van der Waals surface area contributed by atoms with Crippen molar-refractivity contribution in [3.8, 4) is 0 Å². The molecule has 3 nitrogen and oxygen atoms in total. The van der Waals surface area contributed by atoms with Crippen LogP contribution in [0.4, 0.5) is 0 Å². The summed E-state index contributed by atoms with van der Waals surface area (Å²) < 4.78 is 9.90. The lowest BCUT2D eigenvalue weighted by Crippen LogP contribution is -2.03. The van der Waals surface area contributed by atoms with E-state index in [4.69, 9.17) is 9.15 Å². The van der Waals surface area contributed by atoms with Gasteiger partial charge >= 0.3 is 5.97 Å². The molecule has 0 aliphatic carbocycles. The van der Waals surface area contributed by atoms with Crippen LogP contribution >= 0.6 is 0 Å². The minimum atomic E-state index is -0.451. The summed E-state index contributed by atoms with van der Waals surface area (Å²) in [6.45, 7) is 0.231. The van der Waals surface area contributed by atoms with Gasteiger partial charge in [-0.2, -0.15) is 0 Å². The number of ether oxygens (including phenoxy) is 1. The topological polar surface area (TPSA) is 39.4 Å². The molecule has 0 aliphatic heterocycles. The Bertz CT molecular complexity index is 483. The molecule has 2 rings (SSSR count). The molecule has 86 valence electrons. The minimum Gasteiger partial charge on any atom is -0.457 e. The second-order valence-electron chi connectivity index (χ2n) is 3.39. The molecule has 0 spiro atoms. The van der Waals surface area contributed by atoms with Crippen LogP contribution in [0.2, 0.25) is 0 Å². The zero-order valence-corrected chi connectivity index (χ0v) is 9.21. The van der Waals surface area contributed by atoms with Gasteiger partial charge in [-0.15, -0.1) is 0 Å². The lowest BCUT2D eigenvalue weighted by molar-refractivity contribution is 0.0514. The van der Waals surface area contributed by atoms with Gasteiger partial charge in [0.25, 0.3) is 0 Å². The summed E-state index contributed by atoms with van der Waals surface area (Å²) in [5.41, 5.74) is 1.07. The number of hydrogen-bond donors (Lipinski definition) is 0. The van der Waals surface area contributed by atoms with Gasteiger partial charge in [0.05, 0.1) is 6.26 Å². The first-order valence-corrected chi connectivity index (χ1v) is 5.28. The van der Waals surface area contributed by atoms with Gasteiger partial charge < -0.3 is 9.15 Å². The van der Waals surface area contributed by atoms with Crippen molar-refractivity contribution in [2.75, 3.05) is 6.61 Å². The van der Waals surface area contributed by atoms with Crippen LogP contribution in [0, 0.1) is 0 Å². The normalized spacial score (nSPS) is 10.6. The third kappa shape index (κ3) is 3.34. The zero-order valence-electron chi connectivity index (χ0n) is 9.21. The number of furan rings is 1. The number of hydrogen-bond acceptors (Lipinski definition) is 3. The van der Waals surface area contributed by atoms with Gasteiger partial charge in [-0.05, 0) is 23.8 Å². The first-order chi connectivity index (χ1) is 8.36. The maximum atomic E-state index is 11.4.